The summed E-state index contributed by atoms with van der Waals surface area (Å²) in [5.74, 6) is -0.605. The lowest BCUT2D eigenvalue weighted by atomic mass is 10.2. The average Bonchev–Trinajstić information content (AvgIpc) is 2.26. The maximum atomic E-state index is 12.5. The molecule has 0 aliphatic carbocycles. The van der Waals surface area contributed by atoms with E-state index in [1.807, 2.05) is 0 Å². The quantitative estimate of drug-likeness (QED) is 0.474. The van der Waals surface area contributed by atoms with E-state index >= 15 is 0 Å². The Labute approximate surface area is 98.3 Å². The van der Waals surface area contributed by atoms with Crippen molar-refractivity contribution in [1.29, 1.82) is 0 Å². The summed E-state index contributed by atoms with van der Waals surface area (Å²) in [6, 6.07) is 0.614. The molecular formula is C8H5ClF2N2O4. The van der Waals surface area contributed by atoms with Crippen LogP contribution in [0, 0.1) is 10.1 Å². The number of halogens is 3. The molecule has 1 heterocycles. The number of methoxy groups -OCH3 is 1. The predicted molar refractivity (Wildman–Crippen MR) is 52.6 cm³/mol. The first kappa shape index (κ1) is 13.2. The van der Waals surface area contributed by atoms with Crippen molar-refractivity contribution in [3.05, 3.63) is 27.4 Å². The number of rotatable bonds is 4. The highest BCUT2D eigenvalue weighted by Crippen LogP contribution is 2.32. The van der Waals surface area contributed by atoms with Gasteiger partial charge in [0.15, 0.2) is 0 Å². The van der Waals surface area contributed by atoms with Crippen LogP contribution < -0.4 is 4.74 Å². The molecule has 17 heavy (non-hydrogen) atoms. The van der Waals surface area contributed by atoms with Crippen LogP contribution in [-0.4, -0.2) is 22.3 Å². The minimum absolute atomic E-state index is 0.605. The third kappa shape index (κ3) is 2.64. The first-order valence-electron chi connectivity index (χ1n) is 4.09. The molecule has 92 valence electrons. The Morgan fingerprint density at radius 1 is 1.65 bits per heavy atom. The number of nitrogens with zero attached hydrogens (tertiary/aromatic N) is 2. The fourth-order valence-electron chi connectivity index (χ4n) is 1.10. The van der Waals surface area contributed by atoms with Gasteiger partial charge in [-0.05, 0) is 11.6 Å². The molecule has 1 aromatic heterocycles. The Kier molecular flexibility index (Phi) is 3.89. The van der Waals surface area contributed by atoms with Crippen molar-refractivity contribution >= 4 is 22.5 Å². The third-order valence-electron chi connectivity index (χ3n) is 1.81. The standard InChI is InChI=1S/C8H5ClF2N2O4/c1-17-8-4(13(15)16)2-3(6(9)14)5(12-8)7(10)11/h2,7H,1H3. The topological polar surface area (TPSA) is 82.3 Å². The first-order chi connectivity index (χ1) is 7.88. The summed E-state index contributed by atoms with van der Waals surface area (Å²) in [6.07, 6.45) is -3.09. The van der Waals surface area contributed by atoms with Crippen molar-refractivity contribution in [3.8, 4) is 5.88 Å². The Morgan fingerprint density at radius 3 is 2.59 bits per heavy atom. The second-order valence-corrected chi connectivity index (χ2v) is 3.12. The summed E-state index contributed by atoms with van der Waals surface area (Å²) < 4.78 is 29.6. The molecule has 0 fully saturated rings. The van der Waals surface area contributed by atoms with Crippen LogP contribution in [0.1, 0.15) is 22.5 Å². The molecule has 0 saturated heterocycles. The van der Waals surface area contributed by atoms with Gasteiger partial charge in [0.2, 0.25) is 0 Å². The fraction of sp³-hybridized carbons (Fsp3) is 0.250. The minimum Gasteiger partial charge on any atom is -0.476 e. The van der Waals surface area contributed by atoms with Crippen LogP contribution in [0.4, 0.5) is 14.5 Å². The summed E-state index contributed by atoms with van der Waals surface area (Å²) in [5.41, 5.74) is -2.37. The summed E-state index contributed by atoms with van der Waals surface area (Å²) in [4.78, 5) is 23.8. The molecule has 0 unspecified atom stereocenters. The van der Waals surface area contributed by atoms with Gasteiger partial charge in [-0.2, -0.15) is 0 Å². The maximum absolute atomic E-state index is 12.5. The number of pyridine rings is 1. The highest BCUT2D eigenvalue weighted by atomic mass is 35.5. The largest absolute Gasteiger partial charge is 0.476 e. The third-order valence-corrected chi connectivity index (χ3v) is 2.01. The normalized spacial score (nSPS) is 10.4. The van der Waals surface area contributed by atoms with E-state index in [0.29, 0.717) is 6.07 Å². The van der Waals surface area contributed by atoms with Crippen molar-refractivity contribution in [2.75, 3.05) is 7.11 Å². The van der Waals surface area contributed by atoms with Crippen LogP contribution in [-0.2, 0) is 0 Å². The molecular weight excluding hydrogens is 262 g/mol. The van der Waals surface area contributed by atoms with Crippen molar-refractivity contribution < 1.29 is 23.2 Å². The zero-order chi connectivity index (χ0) is 13.2. The predicted octanol–water partition coefficient (Wildman–Crippen LogP) is 2.32. The lowest BCUT2D eigenvalue weighted by Gasteiger charge is -2.07. The van der Waals surface area contributed by atoms with E-state index in [2.05, 4.69) is 9.72 Å². The number of hydrogen-bond donors (Lipinski definition) is 0. The molecule has 1 aromatic rings. The lowest BCUT2D eigenvalue weighted by Crippen LogP contribution is -2.06. The van der Waals surface area contributed by atoms with E-state index in [4.69, 9.17) is 11.6 Å². The number of ether oxygens (including phenoxy) is 1. The van der Waals surface area contributed by atoms with Crippen molar-refractivity contribution in [2.24, 2.45) is 0 Å². The van der Waals surface area contributed by atoms with Gasteiger partial charge in [0, 0.05) is 6.07 Å². The van der Waals surface area contributed by atoms with Crippen LogP contribution in [0.2, 0.25) is 0 Å². The zero-order valence-corrected chi connectivity index (χ0v) is 9.07. The summed E-state index contributed by atoms with van der Waals surface area (Å²) >= 11 is 5.05. The smallest absolute Gasteiger partial charge is 0.331 e. The molecule has 0 amide bonds. The average molecular weight is 267 g/mol. The Hall–Kier alpha value is -1.83. The molecule has 0 atom stereocenters. The van der Waals surface area contributed by atoms with Gasteiger partial charge < -0.3 is 4.74 Å². The fourth-order valence-corrected chi connectivity index (χ4v) is 1.26. The second-order valence-electron chi connectivity index (χ2n) is 2.78. The lowest BCUT2D eigenvalue weighted by molar-refractivity contribution is -0.386. The monoisotopic (exact) mass is 266 g/mol. The summed E-state index contributed by atoms with van der Waals surface area (Å²) in [5, 5.41) is 9.33. The number of alkyl halides is 2. The number of carbonyl (C=O) groups excluding carboxylic acids is 1. The zero-order valence-electron chi connectivity index (χ0n) is 8.32. The molecule has 0 aliphatic rings. The van der Waals surface area contributed by atoms with Crippen LogP contribution in [0.3, 0.4) is 0 Å². The van der Waals surface area contributed by atoms with Crippen LogP contribution in [0.15, 0.2) is 6.07 Å². The number of aromatic nitrogens is 1. The molecule has 0 aliphatic heterocycles. The van der Waals surface area contributed by atoms with Crippen molar-refractivity contribution in [2.45, 2.75) is 6.43 Å². The molecule has 0 radical (unpaired) electrons. The SMILES string of the molecule is COc1nc(C(F)F)c(C(=O)Cl)cc1[N+](=O)[O-]. The molecule has 1 rings (SSSR count). The van der Waals surface area contributed by atoms with E-state index in [0.717, 1.165) is 7.11 Å². The Bertz CT molecular complexity index is 481. The maximum Gasteiger partial charge on any atom is 0.331 e. The summed E-state index contributed by atoms with van der Waals surface area (Å²) in [7, 11) is 1.03. The molecule has 0 N–H and O–H groups in total. The molecule has 0 bridgehead atoms. The molecule has 0 aromatic carbocycles. The molecule has 0 saturated carbocycles. The van der Waals surface area contributed by atoms with Gasteiger partial charge in [0.1, 0.15) is 5.69 Å². The minimum atomic E-state index is -3.09. The molecule has 6 nitrogen and oxygen atoms in total. The highest BCUT2D eigenvalue weighted by molar-refractivity contribution is 6.67. The van der Waals surface area contributed by atoms with Gasteiger partial charge in [0.05, 0.1) is 17.6 Å². The highest BCUT2D eigenvalue weighted by Gasteiger charge is 2.27. The van der Waals surface area contributed by atoms with Gasteiger partial charge in [-0.3, -0.25) is 14.9 Å². The number of carbonyl (C=O) groups is 1. The number of hydrogen-bond acceptors (Lipinski definition) is 5. The molecule has 0 spiro atoms. The van der Waals surface area contributed by atoms with E-state index in [-0.39, 0.29) is 0 Å². The molecule has 9 heteroatoms. The first-order valence-corrected chi connectivity index (χ1v) is 4.47. The Balaban J connectivity index is 3.53. The van der Waals surface area contributed by atoms with Gasteiger partial charge in [-0.15, -0.1) is 0 Å². The van der Waals surface area contributed by atoms with E-state index in [9.17, 15) is 23.7 Å². The van der Waals surface area contributed by atoms with Crippen LogP contribution in [0.5, 0.6) is 5.88 Å². The van der Waals surface area contributed by atoms with Crippen molar-refractivity contribution in [3.63, 3.8) is 0 Å². The van der Waals surface area contributed by atoms with Gasteiger partial charge in [0.25, 0.3) is 17.5 Å². The van der Waals surface area contributed by atoms with Crippen molar-refractivity contribution in [1.82, 2.24) is 4.98 Å². The van der Waals surface area contributed by atoms with E-state index in [1.54, 1.807) is 0 Å². The van der Waals surface area contributed by atoms with Gasteiger partial charge in [-0.1, -0.05) is 0 Å². The second kappa shape index (κ2) is 5.00. The van der Waals surface area contributed by atoms with E-state index in [1.165, 1.54) is 0 Å². The van der Waals surface area contributed by atoms with E-state index < -0.39 is 39.4 Å². The Morgan fingerprint density at radius 2 is 2.24 bits per heavy atom. The van der Waals surface area contributed by atoms with Crippen LogP contribution >= 0.6 is 11.6 Å². The number of nitro groups is 1. The van der Waals surface area contributed by atoms with Gasteiger partial charge >= 0.3 is 5.69 Å². The van der Waals surface area contributed by atoms with Gasteiger partial charge in [-0.25, -0.2) is 13.8 Å². The van der Waals surface area contributed by atoms with Crippen LogP contribution in [0.25, 0.3) is 0 Å². The summed E-state index contributed by atoms with van der Waals surface area (Å²) in [6.45, 7) is 0.